The number of hydrogen-bond donors (Lipinski definition) is 0. The van der Waals surface area contributed by atoms with Crippen LogP contribution in [0.25, 0.3) is 99.5 Å². The Labute approximate surface area is 791 Å². The molecule has 0 saturated carbocycles. The number of aromatic nitrogens is 2. The van der Waals surface area contributed by atoms with Gasteiger partial charge in [0.2, 0.25) is 0 Å². The fourth-order valence-electron chi connectivity index (χ4n) is 19.9. The average molecular weight is 1700 g/mol. The van der Waals surface area contributed by atoms with E-state index in [0.717, 1.165) is 102 Å². The quantitative estimate of drug-likeness (QED) is 0.0845. The monoisotopic (exact) mass is 1700 g/mol. The van der Waals surface area contributed by atoms with Crippen molar-refractivity contribution < 1.29 is 21.9 Å². The molecular weight excluding hydrogens is 1540 g/mol. The van der Waals surface area contributed by atoms with E-state index < -0.39 is 83.4 Å². The molecule has 0 radical (unpaired) electrons. The number of rotatable bonds is 17. The Morgan fingerprint density at radius 2 is 0.570 bits per heavy atom. The highest BCUT2D eigenvalue weighted by Crippen LogP contribution is 2.54. The van der Waals surface area contributed by atoms with Crippen molar-refractivity contribution in [2.24, 2.45) is 48.7 Å². The molecule has 0 amide bonds. The molecule has 2 aliphatic rings. The van der Waals surface area contributed by atoms with Crippen molar-refractivity contribution in [2.75, 3.05) is 9.80 Å². The van der Waals surface area contributed by atoms with Gasteiger partial charge in [0.15, 0.2) is 0 Å². The largest absolute Gasteiger partial charge is 0.311 e. The fourth-order valence-corrected chi connectivity index (χ4v) is 19.9. The van der Waals surface area contributed by atoms with Crippen molar-refractivity contribution >= 4 is 101 Å². The van der Waals surface area contributed by atoms with Gasteiger partial charge < -0.3 is 18.9 Å². The minimum Gasteiger partial charge on any atom is -0.311 e. The molecule has 15 aromatic rings. The second-order valence-electron chi connectivity index (χ2n) is 47.0. The molecule has 4 heterocycles. The zero-order valence-electron chi connectivity index (χ0n) is 97.0. The zero-order valence-corrected chi connectivity index (χ0v) is 81.0. The molecule has 0 unspecified atom stereocenters. The second kappa shape index (κ2) is 32.6. The van der Waals surface area contributed by atoms with Crippen molar-refractivity contribution in [3.05, 3.63) is 305 Å². The lowest BCUT2D eigenvalue weighted by Gasteiger charge is -2.46. The van der Waals surface area contributed by atoms with Gasteiger partial charge in [-0.05, 0) is 303 Å². The van der Waals surface area contributed by atoms with Crippen LogP contribution in [0.15, 0.2) is 255 Å². The van der Waals surface area contributed by atoms with Gasteiger partial charge >= 0.3 is 0 Å². The molecule has 0 fully saturated rings. The molecule has 128 heavy (non-hydrogen) atoms. The predicted octanol–water partition coefficient (Wildman–Crippen LogP) is 32.9. The van der Waals surface area contributed by atoms with Crippen LogP contribution in [0.5, 0.6) is 0 Å². The summed E-state index contributed by atoms with van der Waals surface area (Å²) < 4.78 is 165. The Balaban J connectivity index is 1.12. The standard InChI is InChI=1S/C123H141BN4/c1-115(2,3)70-79-36-32-40-86(56-79)96-68-108(98(64-90(96)77-122(22,23)24)88-42-34-38-81(58-88)72-117(7,8)9)127-110-66-92(125-104-46-30-28-44-94(104)100-60-83(48-54-106(100)125)74-119(13,14)15)50-52-102(110)124-103-53-51-93(126-105-47-31-29-45-95(105)101-61-84(49-55-107(101)126)75-120(16,17)18)67-111(103)128(113-63-85(76-121(19,20)21)62-112(127)114(113)124)109-69-97(87-41-33-37-80(57-87)71-116(4,5)6)91(78-123(25,26)27)65-99(109)89-43-35-39-82(59-89)73-118(10,11)12/h28-69H,70-78H2,1-27H3/i28D,29D,30D,31D,44D,45D,46D,47D,74D2,75D2,77D2,78D2. The van der Waals surface area contributed by atoms with Crippen LogP contribution < -0.4 is 26.2 Å². The van der Waals surface area contributed by atoms with E-state index in [2.05, 4.69) is 271 Å². The summed E-state index contributed by atoms with van der Waals surface area (Å²) in [4.78, 5) is 4.79. The van der Waals surface area contributed by atoms with E-state index in [-0.39, 0.29) is 67.6 Å². The van der Waals surface area contributed by atoms with Crippen molar-refractivity contribution in [1.82, 2.24) is 9.13 Å². The van der Waals surface area contributed by atoms with Crippen molar-refractivity contribution in [3.63, 3.8) is 0 Å². The highest BCUT2D eigenvalue weighted by Gasteiger charge is 2.46. The summed E-state index contributed by atoms with van der Waals surface area (Å²) in [7, 11) is 0. The Morgan fingerprint density at radius 1 is 0.250 bits per heavy atom. The fraction of sp³-hybridized carbons (Fsp3) is 0.366. The number of hydrogen-bond acceptors (Lipinski definition) is 2. The molecule has 656 valence electrons. The van der Waals surface area contributed by atoms with E-state index in [9.17, 15) is 21.9 Å². The summed E-state index contributed by atoms with van der Waals surface area (Å²) in [6.07, 6.45) is -4.52. The van der Waals surface area contributed by atoms with Crippen LogP contribution in [0.3, 0.4) is 0 Å². The zero-order chi connectivity index (χ0) is 105. The normalized spacial score (nSPS) is 15.9. The lowest BCUT2D eigenvalue weighted by Crippen LogP contribution is -2.61. The Kier molecular flexibility index (Phi) is 18.1. The summed E-state index contributed by atoms with van der Waals surface area (Å²) in [6.45, 7) is 55.7. The molecule has 0 N–H and O–H groups in total. The third-order valence-electron chi connectivity index (χ3n) is 23.8. The van der Waals surface area contributed by atoms with Crippen LogP contribution in [-0.4, -0.2) is 15.8 Å². The number of anilines is 6. The molecule has 0 spiro atoms. The number of para-hydroxylation sites is 2. The highest BCUT2D eigenvalue weighted by molar-refractivity contribution is 7.00. The van der Waals surface area contributed by atoms with Crippen molar-refractivity contribution in [3.8, 4) is 55.9 Å². The van der Waals surface area contributed by atoms with E-state index in [1.165, 1.54) is 0 Å². The SMILES string of the molecule is [2H]c1c([2H])c([2H])c2c(c1[2H])c1cc(C([2H])([2H])C(C)(C)C)ccc1n2-c1ccc2c(c1)N(c1cc(-c3cccc(CC(C)(C)C)c3)c(C([2H])([2H])C(C)(C)C)cc1-c1cccc(CC(C)(C)C)c1)c1cc(CC(C)(C)C)cc3c1B2c1ccc(-n2c4ccc(C([2H])([2H])C(C)(C)C)cc4c4c([2H])c([2H])c([2H])c([2H])c42)cc1N3c1cc(-c2cccc(CC(C)(C)C)c2)c(C([2H])([2H])C(C)(C)C)cc1-c1cccc(CC(C)(C)C)c1. The summed E-state index contributed by atoms with van der Waals surface area (Å²) in [5, 5.41) is 1.32. The average Bonchev–Trinajstić information content (AvgIpc) is 0.886. The predicted molar refractivity (Wildman–Crippen MR) is 559 cm³/mol. The molecule has 0 atom stereocenters. The Morgan fingerprint density at radius 3 is 0.898 bits per heavy atom. The van der Waals surface area contributed by atoms with E-state index >= 15 is 0 Å². The molecule has 17 rings (SSSR count). The lowest BCUT2D eigenvalue weighted by molar-refractivity contribution is 0.410. The minimum absolute atomic E-state index is 0.143. The van der Waals surface area contributed by atoms with Crippen LogP contribution in [0.1, 0.15) is 259 Å². The molecule has 13 aromatic carbocycles. The van der Waals surface area contributed by atoms with E-state index in [4.69, 9.17) is 0 Å². The Hall–Kier alpha value is -10.9. The first-order valence-electron chi connectivity index (χ1n) is 54.3. The van der Waals surface area contributed by atoms with Gasteiger partial charge in [-0.3, -0.25) is 0 Å². The molecule has 2 aromatic heterocycles. The maximum absolute atomic E-state index is 10.9. The van der Waals surface area contributed by atoms with Crippen molar-refractivity contribution in [2.45, 2.75) is 245 Å². The first-order valence-corrected chi connectivity index (χ1v) is 46.3. The van der Waals surface area contributed by atoms with E-state index in [1.807, 2.05) is 116 Å². The summed E-state index contributed by atoms with van der Waals surface area (Å²) >= 11 is 0. The molecule has 2 aliphatic heterocycles. The highest BCUT2D eigenvalue weighted by atomic mass is 15.2. The van der Waals surface area contributed by atoms with Gasteiger partial charge in [0.05, 0.1) is 44.4 Å². The van der Waals surface area contributed by atoms with Crippen LogP contribution in [0.4, 0.5) is 34.1 Å². The third-order valence-corrected chi connectivity index (χ3v) is 23.8. The minimum atomic E-state index is -2.02. The molecule has 5 heteroatoms. The number of nitrogens with zero attached hydrogens (tertiary/aromatic N) is 4. The van der Waals surface area contributed by atoms with Gasteiger partial charge in [-0.25, -0.2) is 0 Å². The molecule has 0 aliphatic carbocycles. The van der Waals surface area contributed by atoms with Gasteiger partial charge in [0, 0.05) is 77.8 Å². The first kappa shape index (κ1) is 71.0. The van der Waals surface area contributed by atoms with Gasteiger partial charge in [-0.15, -0.1) is 0 Å². The maximum Gasteiger partial charge on any atom is 0.252 e. The van der Waals surface area contributed by atoms with Gasteiger partial charge in [-0.1, -0.05) is 345 Å². The van der Waals surface area contributed by atoms with E-state index in [1.54, 1.807) is 24.3 Å². The topological polar surface area (TPSA) is 16.3 Å². The third kappa shape index (κ3) is 19.1. The number of benzene rings is 13. The van der Waals surface area contributed by atoms with Crippen LogP contribution in [0.2, 0.25) is 0 Å². The van der Waals surface area contributed by atoms with Crippen LogP contribution in [-0.2, 0) is 57.6 Å². The van der Waals surface area contributed by atoms with E-state index in [0.29, 0.717) is 109 Å². The molecule has 0 bridgehead atoms. The van der Waals surface area contributed by atoms with Gasteiger partial charge in [0.1, 0.15) is 0 Å². The number of fused-ring (bicyclic) bond motifs is 10. The smallest absolute Gasteiger partial charge is 0.252 e. The summed E-state index contributed by atoms with van der Waals surface area (Å²) in [5.74, 6) is 0. The van der Waals surface area contributed by atoms with Gasteiger partial charge in [0.25, 0.3) is 6.71 Å². The van der Waals surface area contributed by atoms with Crippen molar-refractivity contribution in [1.29, 1.82) is 0 Å². The molecule has 4 nitrogen and oxygen atoms in total. The van der Waals surface area contributed by atoms with Gasteiger partial charge in [-0.2, -0.15) is 0 Å². The first-order chi connectivity index (χ1) is 66.4. The lowest BCUT2D eigenvalue weighted by atomic mass is 9.33. The second-order valence-corrected chi connectivity index (χ2v) is 47.0. The summed E-state index contributed by atoms with van der Waals surface area (Å²) in [5.41, 5.74) is 17.3. The molecular formula is C123H141BN4. The van der Waals surface area contributed by atoms with Crippen LogP contribution in [0, 0.1) is 48.7 Å². The molecule has 0 saturated heterocycles. The maximum atomic E-state index is 10.9. The summed E-state index contributed by atoms with van der Waals surface area (Å²) in [6, 6.07) is 68.6. The van der Waals surface area contributed by atoms with Crippen LogP contribution >= 0.6 is 0 Å². The Bertz CT molecular complexity index is 7290.